The zero-order valence-electron chi connectivity index (χ0n) is 7.97. The molecule has 1 N–H and O–H groups in total. The number of amides is 1. The Hall–Kier alpha value is -2.10. The number of aliphatic imine (C=N–C) groups is 1. The van der Waals surface area contributed by atoms with Gasteiger partial charge in [-0.25, -0.2) is 0 Å². The van der Waals surface area contributed by atoms with Crippen LogP contribution in [0.4, 0.5) is 11.4 Å². The number of nitrogens with one attached hydrogen (secondary N) is 1. The van der Waals surface area contributed by atoms with Gasteiger partial charge in [0.15, 0.2) is 0 Å². The van der Waals surface area contributed by atoms with E-state index in [-0.39, 0.29) is 5.91 Å². The van der Waals surface area contributed by atoms with Crippen molar-refractivity contribution in [1.29, 1.82) is 0 Å². The van der Waals surface area contributed by atoms with Crippen LogP contribution in [0.3, 0.4) is 0 Å². The number of benzene rings is 1. The highest BCUT2D eigenvalue weighted by Gasteiger charge is 2.27. The standard InChI is InChI=1S/C11H9N3O/c15-11-10-7-12-5-6-14(10)9-4-2-1-3-8(9)13-11/h1-5,7H,6H2,(H,13,15). The number of anilines is 2. The van der Waals surface area contributed by atoms with E-state index in [0.29, 0.717) is 12.2 Å². The summed E-state index contributed by atoms with van der Waals surface area (Å²) in [6, 6.07) is 7.75. The normalized spacial score (nSPS) is 17.7. The van der Waals surface area contributed by atoms with Crippen molar-refractivity contribution in [1.82, 2.24) is 0 Å². The van der Waals surface area contributed by atoms with Crippen LogP contribution in [0.2, 0.25) is 0 Å². The molecule has 0 aliphatic carbocycles. The first-order valence-electron chi connectivity index (χ1n) is 4.76. The van der Waals surface area contributed by atoms with E-state index in [1.807, 2.05) is 29.2 Å². The smallest absolute Gasteiger partial charge is 0.273 e. The highest BCUT2D eigenvalue weighted by atomic mass is 16.2. The van der Waals surface area contributed by atoms with Gasteiger partial charge in [0.25, 0.3) is 5.91 Å². The van der Waals surface area contributed by atoms with Gasteiger partial charge in [0.05, 0.1) is 24.1 Å². The maximum atomic E-state index is 11.7. The largest absolute Gasteiger partial charge is 0.329 e. The van der Waals surface area contributed by atoms with Gasteiger partial charge in [-0.1, -0.05) is 12.1 Å². The summed E-state index contributed by atoms with van der Waals surface area (Å²) >= 11 is 0. The third-order valence-corrected chi connectivity index (χ3v) is 2.53. The first kappa shape index (κ1) is 8.23. The van der Waals surface area contributed by atoms with Crippen molar-refractivity contribution in [3.63, 3.8) is 0 Å². The molecule has 1 aromatic carbocycles. The molecule has 1 amide bonds. The van der Waals surface area contributed by atoms with Crippen molar-refractivity contribution in [2.24, 2.45) is 4.99 Å². The summed E-state index contributed by atoms with van der Waals surface area (Å²) < 4.78 is 0. The van der Waals surface area contributed by atoms with Gasteiger partial charge in [-0.2, -0.15) is 0 Å². The van der Waals surface area contributed by atoms with Crippen molar-refractivity contribution in [2.45, 2.75) is 0 Å². The minimum atomic E-state index is -0.0921. The molecule has 0 spiro atoms. The van der Waals surface area contributed by atoms with Crippen LogP contribution in [-0.2, 0) is 4.79 Å². The van der Waals surface area contributed by atoms with Gasteiger partial charge < -0.3 is 10.2 Å². The minimum absolute atomic E-state index is 0.0921. The summed E-state index contributed by atoms with van der Waals surface area (Å²) in [6.07, 6.45) is 3.38. The molecule has 0 saturated carbocycles. The summed E-state index contributed by atoms with van der Waals surface area (Å²) in [5, 5.41) is 2.84. The van der Waals surface area contributed by atoms with Gasteiger partial charge in [0.2, 0.25) is 0 Å². The lowest BCUT2D eigenvalue weighted by Crippen LogP contribution is -2.38. The van der Waals surface area contributed by atoms with Crippen LogP contribution in [0, 0.1) is 0 Å². The third-order valence-electron chi connectivity index (χ3n) is 2.53. The molecule has 0 bridgehead atoms. The Bertz CT molecular complexity index is 490. The molecule has 0 atom stereocenters. The number of carbonyl (C=O) groups is 1. The number of nitrogens with zero attached hydrogens (tertiary/aromatic N) is 2. The molecule has 1 aromatic rings. The maximum Gasteiger partial charge on any atom is 0.273 e. The van der Waals surface area contributed by atoms with Crippen molar-refractivity contribution >= 4 is 23.5 Å². The van der Waals surface area contributed by atoms with Gasteiger partial charge in [-0.15, -0.1) is 0 Å². The van der Waals surface area contributed by atoms with Crippen LogP contribution in [0.15, 0.2) is 41.2 Å². The van der Waals surface area contributed by atoms with E-state index in [1.54, 1.807) is 12.4 Å². The molecule has 3 rings (SSSR count). The van der Waals surface area contributed by atoms with Crippen molar-refractivity contribution in [3.05, 3.63) is 36.2 Å². The average Bonchev–Trinajstić information content (AvgIpc) is 2.30. The number of hydrogen-bond donors (Lipinski definition) is 1. The summed E-state index contributed by atoms with van der Waals surface area (Å²) in [7, 11) is 0. The Morgan fingerprint density at radius 2 is 2.20 bits per heavy atom. The number of para-hydroxylation sites is 2. The number of hydrogen-bond acceptors (Lipinski definition) is 3. The fourth-order valence-electron chi connectivity index (χ4n) is 1.83. The topological polar surface area (TPSA) is 44.7 Å². The van der Waals surface area contributed by atoms with Crippen LogP contribution in [-0.4, -0.2) is 18.7 Å². The quantitative estimate of drug-likeness (QED) is 0.685. The molecule has 4 nitrogen and oxygen atoms in total. The molecule has 2 aliphatic heterocycles. The molecule has 2 heterocycles. The summed E-state index contributed by atoms with van der Waals surface area (Å²) in [5.41, 5.74) is 2.49. The predicted octanol–water partition coefficient (Wildman–Crippen LogP) is 1.37. The zero-order chi connectivity index (χ0) is 10.3. The van der Waals surface area contributed by atoms with Crippen molar-refractivity contribution in [2.75, 3.05) is 16.8 Å². The summed E-state index contributed by atoms with van der Waals surface area (Å²) in [6.45, 7) is 0.649. The number of carbonyl (C=O) groups excluding carboxylic acids is 1. The molecule has 0 radical (unpaired) electrons. The van der Waals surface area contributed by atoms with Crippen LogP contribution < -0.4 is 10.2 Å². The highest BCUT2D eigenvalue weighted by Crippen LogP contribution is 2.33. The van der Waals surface area contributed by atoms with E-state index in [9.17, 15) is 4.79 Å². The van der Waals surface area contributed by atoms with E-state index in [1.165, 1.54) is 0 Å². The molecular weight excluding hydrogens is 190 g/mol. The number of rotatable bonds is 0. The first-order chi connectivity index (χ1) is 7.36. The van der Waals surface area contributed by atoms with Crippen molar-refractivity contribution < 1.29 is 4.79 Å². The van der Waals surface area contributed by atoms with E-state index >= 15 is 0 Å². The lowest BCUT2D eigenvalue weighted by molar-refractivity contribution is -0.113. The third kappa shape index (κ3) is 1.15. The van der Waals surface area contributed by atoms with Crippen LogP contribution in [0.1, 0.15) is 0 Å². The Morgan fingerprint density at radius 3 is 3.13 bits per heavy atom. The van der Waals surface area contributed by atoms with E-state index < -0.39 is 0 Å². The molecule has 0 saturated heterocycles. The Kier molecular flexibility index (Phi) is 1.62. The predicted molar refractivity (Wildman–Crippen MR) is 59.0 cm³/mol. The van der Waals surface area contributed by atoms with Gasteiger partial charge in [0, 0.05) is 6.21 Å². The van der Waals surface area contributed by atoms with E-state index in [0.717, 1.165) is 11.4 Å². The van der Waals surface area contributed by atoms with Gasteiger partial charge >= 0.3 is 0 Å². The Balaban J connectivity index is 2.17. The molecule has 74 valence electrons. The van der Waals surface area contributed by atoms with E-state index in [4.69, 9.17) is 0 Å². The van der Waals surface area contributed by atoms with Gasteiger partial charge in [0.1, 0.15) is 5.70 Å². The Labute approximate surface area is 86.9 Å². The highest BCUT2D eigenvalue weighted by molar-refractivity contribution is 6.12. The van der Waals surface area contributed by atoms with Crippen LogP contribution in [0.25, 0.3) is 0 Å². The molecule has 0 unspecified atom stereocenters. The molecule has 2 aliphatic rings. The van der Waals surface area contributed by atoms with Gasteiger partial charge in [-0.3, -0.25) is 9.79 Å². The van der Waals surface area contributed by atoms with Gasteiger partial charge in [-0.05, 0) is 12.1 Å². The lowest BCUT2D eigenvalue weighted by atomic mass is 10.1. The second-order valence-corrected chi connectivity index (χ2v) is 3.43. The van der Waals surface area contributed by atoms with E-state index in [2.05, 4.69) is 10.3 Å². The summed E-state index contributed by atoms with van der Waals surface area (Å²) in [5.74, 6) is -0.0921. The number of fused-ring (bicyclic) bond motifs is 3. The summed E-state index contributed by atoms with van der Waals surface area (Å²) in [4.78, 5) is 17.7. The average molecular weight is 199 g/mol. The first-order valence-corrected chi connectivity index (χ1v) is 4.76. The minimum Gasteiger partial charge on any atom is -0.329 e. The molecule has 0 fully saturated rings. The second kappa shape index (κ2) is 2.95. The monoisotopic (exact) mass is 199 g/mol. The van der Waals surface area contributed by atoms with Crippen LogP contribution >= 0.6 is 0 Å². The second-order valence-electron chi connectivity index (χ2n) is 3.43. The molecule has 15 heavy (non-hydrogen) atoms. The Morgan fingerprint density at radius 1 is 1.33 bits per heavy atom. The zero-order valence-corrected chi connectivity index (χ0v) is 7.97. The fraction of sp³-hybridized carbons (Fsp3) is 0.0909. The van der Waals surface area contributed by atoms with Crippen LogP contribution in [0.5, 0.6) is 0 Å². The molecule has 4 heteroatoms. The fourth-order valence-corrected chi connectivity index (χ4v) is 1.83. The van der Waals surface area contributed by atoms with Crippen molar-refractivity contribution in [3.8, 4) is 0 Å². The SMILES string of the molecule is O=C1Nc2ccccc2N2CC=NC=C12. The molecule has 0 aromatic heterocycles. The maximum absolute atomic E-state index is 11.7. The lowest BCUT2D eigenvalue weighted by Gasteiger charge is -2.32. The molecular formula is C11H9N3O.